The summed E-state index contributed by atoms with van der Waals surface area (Å²) in [5.41, 5.74) is -1.88. The Morgan fingerprint density at radius 1 is 1.57 bits per heavy atom. The number of alkyl halides is 2. The summed E-state index contributed by atoms with van der Waals surface area (Å²) in [7, 11) is 0. The highest BCUT2D eigenvalue weighted by Gasteiger charge is 2.31. The summed E-state index contributed by atoms with van der Waals surface area (Å²) >= 11 is 0. The van der Waals surface area contributed by atoms with Crippen LogP contribution < -0.4 is 0 Å². The van der Waals surface area contributed by atoms with E-state index in [0.29, 0.717) is 13.1 Å². The number of carboxylic acids is 1. The molecule has 0 saturated heterocycles. The summed E-state index contributed by atoms with van der Waals surface area (Å²) in [6, 6.07) is 0. The van der Waals surface area contributed by atoms with Crippen LogP contribution in [0.2, 0.25) is 0 Å². The van der Waals surface area contributed by atoms with Crippen LogP contribution in [0, 0.1) is 5.95 Å². The predicted octanol–water partition coefficient (Wildman–Crippen LogP) is 1.43. The van der Waals surface area contributed by atoms with Gasteiger partial charge in [-0.05, 0) is 0 Å². The number of halogens is 3. The van der Waals surface area contributed by atoms with E-state index < -0.39 is 29.2 Å². The van der Waals surface area contributed by atoms with Gasteiger partial charge in [0.1, 0.15) is 0 Å². The molecule has 76 valence electrons. The SMILES string of the molecule is CC(F)(F)c1ncc(C(=O)O)nc1F. The molecule has 1 N–H and O–H groups in total. The van der Waals surface area contributed by atoms with E-state index in [9.17, 15) is 18.0 Å². The molecule has 0 aliphatic carbocycles. The summed E-state index contributed by atoms with van der Waals surface area (Å²) < 4.78 is 37.9. The van der Waals surface area contributed by atoms with E-state index in [0.717, 1.165) is 0 Å². The van der Waals surface area contributed by atoms with Crippen molar-refractivity contribution in [3.05, 3.63) is 23.5 Å². The first kappa shape index (κ1) is 10.4. The van der Waals surface area contributed by atoms with Crippen molar-refractivity contribution in [2.75, 3.05) is 0 Å². The van der Waals surface area contributed by atoms with Crippen molar-refractivity contribution >= 4 is 5.97 Å². The zero-order valence-electron chi connectivity index (χ0n) is 6.96. The molecule has 4 nitrogen and oxygen atoms in total. The third kappa shape index (κ3) is 1.98. The van der Waals surface area contributed by atoms with Crippen molar-refractivity contribution in [1.82, 2.24) is 9.97 Å². The van der Waals surface area contributed by atoms with Crippen LogP contribution in [0.1, 0.15) is 23.1 Å². The third-order valence-corrected chi connectivity index (χ3v) is 1.36. The minimum absolute atomic E-state index is 0.445. The van der Waals surface area contributed by atoms with Crippen molar-refractivity contribution in [3.63, 3.8) is 0 Å². The maximum absolute atomic E-state index is 12.8. The zero-order chi connectivity index (χ0) is 10.9. The molecule has 1 aromatic heterocycles. The van der Waals surface area contributed by atoms with E-state index in [1.807, 2.05) is 0 Å². The van der Waals surface area contributed by atoms with Gasteiger partial charge in [-0.15, -0.1) is 0 Å². The highest BCUT2D eigenvalue weighted by atomic mass is 19.3. The molecule has 0 saturated carbocycles. The van der Waals surface area contributed by atoms with Gasteiger partial charge in [-0.25, -0.2) is 14.8 Å². The Balaban J connectivity index is 3.21. The largest absolute Gasteiger partial charge is 0.476 e. The van der Waals surface area contributed by atoms with Gasteiger partial charge in [0.05, 0.1) is 6.20 Å². The molecule has 0 atom stereocenters. The molecule has 1 rings (SSSR count). The molecule has 0 spiro atoms. The fourth-order valence-electron chi connectivity index (χ4n) is 0.764. The molecule has 0 radical (unpaired) electrons. The van der Waals surface area contributed by atoms with Crippen molar-refractivity contribution in [1.29, 1.82) is 0 Å². The summed E-state index contributed by atoms with van der Waals surface area (Å²) in [5, 5.41) is 8.35. The number of carboxylic acid groups (broad SMARTS) is 1. The molecule has 14 heavy (non-hydrogen) atoms. The normalized spacial score (nSPS) is 11.4. The maximum atomic E-state index is 12.8. The molecule has 1 heterocycles. The minimum atomic E-state index is -3.48. The standard InChI is InChI=1S/C7H5F3N2O2/c1-7(9,10)4-5(8)12-3(2-11-4)6(13)14/h2H,1H3,(H,13,14). The summed E-state index contributed by atoms with van der Waals surface area (Å²) in [6.07, 6.45) is 0.582. The van der Waals surface area contributed by atoms with E-state index in [1.54, 1.807) is 0 Å². The number of carbonyl (C=O) groups is 1. The Bertz CT molecular complexity index is 376. The lowest BCUT2D eigenvalue weighted by Crippen LogP contribution is -2.16. The Hall–Kier alpha value is -1.66. The van der Waals surface area contributed by atoms with Gasteiger partial charge in [-0.2, -0.15) is 13.2 Å². The first-order valence-corrected chi connectivity index (χ1v) is 3.46. The van der Waals surface area contributed by atoms with Gasteiger partial charge in [-0.1, -0.05) is 0 Å². The van der Waals surface area contributed by atoms with Crippen LogP contribution in [0.15, 0.2) is 6.20 Å². The van der Waals surface area contributed by atoms with Crippen LogP contribution >= 0.6 is 0 Å². The molecule has 0 amide bonds. The van der Waals surface area contributed by atoms with Crippen LogP contribution in [0.5, 0.6) is 0 Å². The first-order valence-electron chi connectivity index (χ1n) is 3.46. The van der Waals surface area contributed by atoms with Gasteiger partial charge in [-0.3, -0.25) is 0 Å². The van der Waals surface area contributed by atoms with Crippen LogP contribution in [0.4, 0.5) is 13.2 Å². The second kappa shape index (κ2) is 3.24. The lowest BCUT2D eigenvalue weighted by Gasteiger charge is -2.09. The van der Waals surface area contributed by atoms with E-state index in [2.05, 4.69) is 9.97 Å². The number of aromatic carboxylic acids is 1. The number of rotatable bonds is 2. The Labute approximate surface area is 76.4 Å². The lowest BCUT2D eigenvalue weighted by atomic mass is 10.3. The quantitative estimate of drug-likeness (QED) is 0.794. The smallest absolute Gasteiger partial charge is 0.356 e. The molecular weight excluding hydrogens is 201 g/mol. The van der Waals surface area contributed by atoms with E-state index in [-0.39, 0.29) is 0 Å². The van der Waals surface area contributed by atoms with Crippen molar-refractivity contribution in [3.8, 4) is 0 Å². The van der Waals surface area contributed by atoms with Crippen molar-refractivity contribution < 1.29 is 23.1 Å². The highest BCUT2D eigenvalue weighted by molar-refractivity contribution is 5.84. The molecule has 0 bridgehead atoms. The van der Waals surface area contributed by atoms with Crippen molar-refractivity contribution in [2.45, 2.75) is 12.8 Å². The van der Waals surface area contributed by atoms with Gasteiger partial charge in [0.2, 0.25) is 5.95 Å². The highest BCUT2D eigenvalue weighted by Crippen LogP contribution is 2.26. The molecule has 0 fully saturated rings. The topological polar surface area (TPSA) is 63.1 Å². The molecule has 7 heteroatoms. The zero-order valence-corrected chi connectivity index (χ0v) is 6.96. The minimum Gasteiger partial charge on any atom is -0.476 e. The number of hydrogen-bond acceptors (Lipinski definition) is 3. The van der Waals surface area contributed by atoms with Gasteiger partial charge in [0, 0.05) is 6.92 Å². The van der Waals surface area contributed by atoms with Gasteiger partial charge < -0.3 is 5.11 Å². The Morgan fingerprint density at radius 2 is 2.14 bits per heavy atom. The summed E-state index contributed by atoms with van der Waals surface area (Å²) in [5.74, 6) is -6.58. The van der Waals surface area contributed by atoms with Gasteiger partial charge in [0.25, 0.3) is 5.92 Å². The Morgan fingerprint density at radius 3 is 2.50 bits per heavy atom. The number of nitrogens with zero attached hydrogens (tertiary/aromatic N) is 2. The van der Waals surface area contributed by atoms with Crippen LogP contribution in [-0.2, 0) is 5.92 Å². The molecule has 0 aliphatic rings. The van der Waals surface area contributed by atoms with Gasteiger partial charge >= 0.3 is 5.97 Å². The molecule has 0 aliphatic heterocycles. The molecule has 1 aromatic rings. The average Bonchev–Trinajstić information content (AvgIpc) is 2.01. The summed E-state index contributed by atoms with van der Waals surface area (Å²) in [4.78, 5) is 16.1. The average molecular weight is 206 g/mol. The second-order valence-electron chi connectivity index (χ2n) is 2.59. The fourth-order valence-corrected chi connectivity index (χ4v) is 0.764. The lowest BCUT2D eigenvalue weighted by molar-refractivity contribution is 0.00763. The first-order chi connectivity index (χ1) is 6.32. The van der Waals surface area contributed by atoms with Crippen molar-refractivity contribution in [2.24, 2.45) is 0 Å². The van der Waals surface area contributed by atoms with E-state index >= 15 is 0 Å². The van der Waals surface area contributed by atoms with Crippen LogP contribution in [0.3, 0.4) is 0 Å². The molecule has 0 unspecified atom stereocenters. The number of hydrogen-bond donors (Lipinski definition) is 1. The summed E-state index contributed by atoms with van der Waals surface area (Å²) in [6.45, 7) is 0.445. The van der Waals surface area contributed by atoms with Gasteiger partial charge in [0.15, 0.2) is 11.4 Å². The van der Waals surface area contributed by atoms with Crippen LogP contribution in [-0.4, -0.2) is 21.0 Å². The number of aromatic nitrogens is 2. The Kier molecular flexibility index (Phi) is 2.41. The monoisotopic (exact) mass is 206 g/mol. The third-order valence-electron chi connectivity index (χ3n) is 1.36. The maximum Gasteiger partial charge on any atom is 0.356 e. The fraction of sp³-hybridized carbons (Fsp3) is 0.286. The van der Waals surface area contributed by atoms with E-state index in [1.165, 1.54) is 0 Å². The molecular formula is C7H5F3N2O2. The molecule has 0 aromatic carbocycles. The van der Waals surface area contributed by atoms with Crippen LogP contribution in [0.25, 0.3) is 0 Å². The predicted molar refractivity (Wildman–Crippen MR) is 38.5 cm³/mol. The second-order valence-corrected chi connectivity index (χ2v) is 2.59. The van der Waals surface area contributed by atoms with E-state index in [4.69, 9.17) is 5.11 Å².